The van der Waals surface area contributed by atoms with E-state index >= 15 is 0 Å². The molecule has 9 nitrogen and oxygen atoms in total. The van der Waals surface area contributed by atoms with Crippen molar-refractivity contribution in [3.63, 3.8) is 0 Å². The Morgan fingerprint density at radius 2 is 1.97 bits per heavy atom. The van der Waals surface area contributed by atoms with Crippen LogP contribution in [0.25, 0.3) is 11.3 Å². The lowest BCUT2D eigenvalue weighted by Crippen LogP contribution is -2.41. The first kappa shape index (κ1) is 19.1. The number of nitrogens with zero attached hydrogens (tertiary/aromatic N) is 5. The first-order chi connectivity index (χ1) is 14.9. The summed E-state index contributed by atoms with van der Waals surface area (Å²) in [5.74, 6) is 0.540. The molecule has 2 N–H and O–H groups in total. The standard InChI is InChI=1S/C21H19FN6O3/c1-10-14-5-11(22)3-4-17(14)30-12-6-13(7-12)31-20-18(16(8-23)28(2)27-20)15-9-25-19(24)21(26-15)29-10/h3-5,9-10,12-13H,6-7H2,1-2H3,(H2,24,25)/t10-,12?,13?/m1/s1. The van der Waals surface area contributed by atoms with Crippen LogP contribution in [-0.2, 0) is 7.05 Å². The van der Waals surface area contributed by atoms with Gasteiger partial charge in [0, 0.05) is 25.5 Å². The number of nitriles is 1. The average Bonchev–Trinajstić information content (AvgIpc) is 3.03. The monoisotopic (exact) mass is 422 g/mol. The van der Waals surface area contributed by atoms with Gasteiger partial charge in [0.25, 0.3) is 5.88 Å². The highest BCUT2D eigenvalue weighted by Crippen LogP contribution is 2.39. The highest BCUT2D eigenvalue weighted by molar-refractivity contribution is 5.71. The zero-order valence-corrected chi connectivity index (χ0v) is 16.9. The summed E-state index contributed by atoms with van der Waals surface area (Å²) in [6.07, 6.45) is 1.87. The summed E-state index contributed by atoms with van der Waals surface area (Å²) in [6.45, 7) is 1.75. The van der Waals surface area contributed by atoms with Crippen LogP contribution in [0.3, 0.4) is 0 Å². The predicted molar refractivity (Wildman–Crippen MR) is 107 cm³/mol. The van der Waals surface area contributed by atoms with E-state index in [1.54, 1.807) is 20.0 Å². The molecule has 4 bridgehead atoms. The summed E-state index contributed by atoms with van der Waals surface area (Å²) >= 11 is 0. The summed E-state index contributed by atoms with van der Waals surface area (Å²) in [6, 6.07) is 6.44. The van der Waals surface area contributed by atoms with Gasteiger partial charge in [-0.05, 0) is 25.1 Å². The molecular weight excluding hydrogens is 403 g/mol. The molecule has 31 heavy (non-hydrogen) atoms. The third-order valence-corrected chi connectivity index (χ3v) is 5.47. The summed E-state index contributed by atoms with van der Waals surface area (Å²) in [7, 11) is 1.66. The molecule has 1 atom stereocenters. The van der Waals surface area contributed by atoms with E-state index in [0.717, 1.165) is 0 Å². The Kier molecular flexibility index (Phi) is 4.39. The number of benzene rings is 1. The lowest BCUT2D eigenvalue weighted by atomic mass is 9.91. The van der Waals surface area contributed by atoms with Crippen LogP contribution in [0.1, 0.15) is 37.1 Å². The normalized spacial score (nSPS) is 21.7. The van der Waals surface area contributed by atoms with E-state index in [1.807, 2.05) is 0 Å². The van der Waals surface area contributed by atoms with Gasteiger partial charge in [-0.1, -0.05) is 0 Å². The summed E-state index contributed by atoms with van der Waals surface area (Å²) in [4.78, 5) is 8.65. The van der Waals surface area contributed by atoms with Crippen LogP contribution in [0.5, 0.6) is 17.5 Å². The number of nitrogens with two attached hydrogens (primary N) is 1. The molecule has 0 unspecified atom stereocenters. The van der Waals surface area contributed by atoms with Gasteiger partial charge in [0.15, 0.2) is 11.5 Å². The van der Waals surface area contributed by atoms with Crippen LogP contribution in [0, 0.1) is 17.1 Å². The molecule has 0 spiro atoms. The first-order valence-corrected chi connectivity index (χ1v) is 9.82. The van der Waals surface area contributed by atoms with E-state index < -0.39 is 11.9 Å². The van der Waals surface area contributed by atoms with Crippen LogP contribution in [0.15, 0.2) is 24.4 Å². The molecule has 1 fully saturated rings. The van der Waals surface area contributed by atoms with Crippen molar-refractivity contribution in [3.8, 4) is 34.8 Å². The third-order valence-electron chi connectivity index (χ3n) is 5.47. The number of hydrogen-bond donors (Lipinski definition) is 1. The van der Waals surface area contributed by atoms with Crippen molar-refractivity contribution in [3.05, 3.63) is 41.5 Å². The van der Waals surface area contributed by atoms with Gasteiger partial charge in [0.2, 0.25) is 5.88 Å². The summed E-state index contributed by atoms with van der Waals surface area (Å²) in [5.41, 5.74) is 7.56. The molecule has 158 valence electrons. The van der Waals surface area contributed by atoms with E-state index in [9.17, 15) is 9.65 Å². The quantitative estimate of drug-likeness (QED) is 0.587. The number of rotatable bonds is 0. The number of halogens is 1. The topological polar surface area (TPSA) is 121 Å². The predicted octanol–water partition coefficient (Wildman–Crippen LogP) is 2.91. The minimum absolute atomic E-state index is 0.0566. The maximum atomic E-state index is 14.0. The Labute approximate surface area is 177 Å². The van der Waals surface area contributed by atoms with Gasteiger partial charge in [-0.2, -0.15) is 5.26 Å². The van der Waals surface area contributed by atoms with E-state index in [1.165, 1.54) is 23.0 Å². The van der Waals surface area contributed by atoms with Gasteiger partial charge < -0.3 is 19.9 Å². The molecule has 2 aromatic heterocycles. The van der Waals surface area contributed by atoms with E-state index in [-0.39, 0.29) is 29.6 Å². The Bertz CT molecular complexity index is 1210. The fourth-order valence-corrected chi connectivity index (χ4v) is 3.75. The second kappa shape index (κ2) is 7.12. The number of aryl methyl sites for hydroxylation is 1. The largest absolute Gasteiger partial charge is 0.490 e. The van der Waals surface area contributed by atoms with Crippen LogP contribution in [0.2, 0.25) is 0 Å². The summed E-state index contributed by atoms with van der Waals surface area (Å²) in [5, 5.41) is 14.0. The molecule has 2 aliphatic heterocycles. The summed E-state index contributed by atoms with van der Waals surface area (Å²) < 4.78 is 33.5. The first-order valence-electron chi connectivity index (χ1n) is 9.82. The minimum atomic E-state index is -0.614. The van der Waals surface area contributed by atoms with E-state index in [4.69, 9.17) is 19.9 Å². The maximum absolute atomic E-state index is 14.0. The second-order valence-electron chi connectivity index (χ2n) is 7.60. The molecule has 3 aliphatic rings. The smallest absolute Gasteiger partial charge is 0.258 e. The SMILES string of the molecule is C[C@H]1Oc2nc(cnc2N)-c2c(nn(C)c2C#N)OC2CC(C2)Oc2ccc(F)cc21. The fraction of sp³-hybridized carbons (Fsp3) is 0.333. The van der Waals surface area contributed by atoms with Gasteiger partial charge in [0.1, 0.15) is 47.2 Å². The van der Waals surface area contributed by atoms with Crippen molar-refractivity contribution in [1.82, 2.24) is 19.7 Å². The van der Waals surface area contributed by atoms with Crippen LogP contribution in [0.4, 0.5) is 10.2 Å². The second-order valence-corrected chi connectivity index (χ2v) is 7.60. The van der Waals surface area contributed by atoms with E-state index in [2.05, 4.69) is 21.1 Å². The van der Waals surface area contributed by atoms with Crippen molar-refractivity contribution in [2.75, 3.05) is 5.73 Å². The third kappa shape index (κ3) is 3.28. The van der Waals surface area contributed by atoms with Gasteiger partial charge in [-0.3, -0.25) is 4.68 Å². The highest BCUT2D eigenvalue weighted by atomic mass is 19.1. The maximum Gasteiger partial charge on any atom is 0.258 e. The van der Waals surface area contributed by atoms with Gasteiger partial charge in [0.05, 0.1) is 6.20 Å². The lowest BCUT2D eigenvalue weighted by molar-refractivity contribution is 0.000856. The number of ether oxygens (including phenoxy) is 3. The minimum Gasteiger partial charge on any atom is -0.490 e. The van der Waals surface area contributed by atoms with Crippen LogP contribution >= 0.6 is 0 Å². The van der Waals surface area contributed by atoms with Crippen molar-refractivity contribution in [2.24, 2.45) is 7.05 Å². The van der Waals surface area contributed by atoms with Crippen molar-refractivity contribution < 1.29 is 18.6 Å². The number of hydrogen-bond acceptors (Lipinski definition) is 8. The number of nitrogen functional groups attached to an aromatic ring is 1. The average molecular weight is 422 g/mol. The molecule has 6 rings (SSSR count). The molecule has 0 amide bonds. The van der Waals surface area contributed by atoms with E-state index in [0.29, 0.717) is 41.3 Å². The number of aromatic nitrogens is 4. The zero-order valence-electron chi connectivity index (χ0n) is 16.9. The fourth-order valence-electron chi connectivity index (χ4n) is 3.75. The van der Waals surface area contributed by atoms with Gasteiger partial charge in [-0.15, -0.1) is 5.10 Å². The molecule has 4 heterocycles. The van der Waals surface area contributed by atoms with Gasteiger partial charge in [-0.25, -0.2) is 14.4 Å². The molecular formula is C21H19FN6O3. The number of anilines is 1. The van der Waals surface area contributed by atoms with Crippen LogP contribution < -0.4 is 19.9 Å². The van der Waals surface area contributed by atoms with Crippen molar-refractivity contribution in [1.29, 1.82) is 5.26 Å². The Balaban J connectivity index is 1.65. The Hall–Kier alpha value is -3.87. The van der Waals surface area contributed by atoms with Crippen LogP contribution in [-0.4, -0.2) is 32.0 Å². The molecule has 1 saturated carbocycles. The molecule has 1 aromatic carbocycles. The molecule has 0 radical (unpaired) electrons. The Morgan fingerprint density at radius 3 is 2.74 bits per heavy atom. The lowest BCUT2D eigenvalue weighted by Gasteiger charge is -2.35. The Morgan fingerprint density at radius 1 is 1.19 bits per heavy atom. The molecule has 3 aromatic rings. The zero-order chi connectivity index (χ0) is 21.7. The molecule has 10 heteroatoms. The van der Waals surface area contributed by atoms with Crippen molar-refractivity contribution >= 4 is 5.82 Å². The highest BCUT2D eigenvalue weighted by Gasteiger charge is 2.36. The number of fused-ring (bicyclic) bond motifs is 1. The van der Waals surface area contributed by atoms with Gasteiger partial charge >= 0.3 is 0 Å². The molecule has 1 aliphatic carbocycles. The molecule has 0 saturated heterocycles. The van der Waals surface area contributed by atoms with Crippen molar-refractivity contribution in [2.45, 2.75) is 38.1 Å².